The van der Waals surface area contributed by atoms with Gasteiger partial charge in [-0.2, -0.15) is 4.98 Å². The molecule has 38 heavy (non-hydrogen) atoms. The summed E-state index contributed by atoms with van der Waals surface area (Å²) in [6.07, 6.45) is 0. The Balaban J connectivity index is 1.30. The van der Waals surface area contributed by atoms with Gasteiger partial charge >= 0.3 is 5.97 Å². The van der Waals surface area contributed by atoms with Crippen LogP contribution in [0.3, 0.4) is 0 Å². The lowest BCUT2D eigenvalue weighted by Gasteiger charge is -2.07. The van der Waals surface area contributed by atoms with Gasteiger partial charge in [0.25, 0.3) is 6.01 Å². The van der Waals surface area contributed by atoms with Crippen molar-refractivity contribution in [1.29, 1.82) is 0 Å². The van der Waals surface area contributed by atoms with E-state index in [2.05, 4.69) is 51.4 Å². The molecule has 7 heteroatoms. The molecule has 0 fully saturated rings. The summed E-state index contributed by atoms with van der Waals surface area (Å²) >= 11 is 6.67. The van der Waals surface area contributed by atoms with Gasteiger partial charge in [-0.25, -0.2) is 4.79 Å². The zero-order valence-corrected chi connectivity index (χ0v) is 21.6. The number of ether oxygens (including phenoxy) is 2. The van der Waals surface area contributed by atoms with Crippen molar-refractivity contribution < 1.29 is 14.3 Å². The van der Waals surface area contributed by atoms with E-state index in [-0.39, 0.29) is 5.97 Å². The molecule has 0 atom stereocenters. The fourth-order valence-corrected chi connectivity index (χ4v) is 4.97. The summed E-state index contributed by atoms with van der Waals surface area (Å²) in [6.45, 7) is 3.94. The molecule has 0 bridgehead atoms. The molecular weight excluding hydrogens is 498 g/mol. The summed E-state index contributed by atoms with van der Waals surface area (Å²) in [6, 6.07) is 28.2. The Labute approximate surface area is 224 Å². The number of hydrogen-bond acceptors (Lipinski definition) is 4. The number of imidazole rings is 1. The molecule has 0 amide bonds. The van der Waals surface area contributed by atoms with Crippen LogP contribution in [0.1, 0.15) is 23.0 Å². The number of H-pyrrole nitrogens is 2. The topological polar surface area (TPSA) is 80.0 Å². The van der Waals surface area contributed by atoms with Crippen LogP contribution in [0, 0.1) is 6.92 Å². The van der Waals surface area contributed by atoms with E-state index in [9.17, 15) is 4.79 Å². The summed E-state index contributed by atoms with van der Waals surface area (Å²) in [5, 5.41) is 1.35. The molecule has 0 saturated heterocycles. The van der Waals surface area contributed by atoms with Gasteiger partial charge < -0.3 is 19.4 Å². The third kappa shape index (κ3) is 4.40. The third-order valence-electron chi connectivity index (χ3n) is 6.50. The first kappa shape index (κ1) is 23.8. The molecule has 2 aromatic heterocycles. The highest BCUT2D eigenvalue weighted by atomic mass is 35.5. The fourth-order valence-electron chi connectivity index (χ4n) is 4.70. The number of hydrogen-bond donors (Lipinski definition) is 2. The second-order valence-electron chi connectivity index (χ2n) is 8.99. The molecule has 6 nitrogen and oxygen atoms in total. The van der Waals surface area contributed by atoms with Crippen molar-refractivity contribution >= 4 is 39.5 Å². The van der Waals surface area contributed by atoms with Crippen molar-refractivity contribution in [2.75, 3.05) is 6.61 Å². The maximum absolute atomic E-state index is 12.5. The summed E-state index contributed by atoms with van der Waals surface area (Å²) in [7, 11) is 0. The number of esters is 1. The average Bonchev–Trinajstić information content (AvgIpc) is 3.47. The van der Waals surface area contributed by atoms with Crippen LogP contribution < -0.4 is 4.74 Å². The second-order valence-corrected chi connectivity index (χ2v) is 9.40. The summed E-state index contributed by atoms with van der Waals surface area (Å²) < 4.78 is 11.3. The molecule has 0 aliphatic carbocycles. The fraction of sp³-hybridized carbons (Fsp3) is 0.0968. The number of nitrogens with zero attached hydrogens (tertiary/aromatic N) is 1. The number of rotatable bonds is 6. The Morgan fingerprint density at radius 2 is 1.61 bits per heavy atom. The quantitative estimate of drug-likeness (QED) is 0.216. The van der Waals surface area contributed by atoms with E-state index in [4.69, 9.17) is 21.1 Å². The van der Waals surface area contributed by atoms with Crippen LogP contribution in [0.4, 0.5) is 0 Å². The maximum Gasteiger partial charge on any atom is 0.340 e. The summed E-state index contributed by atoms with van der Waals surface area (Å²) in [5.41, 5.74) is 7.78. The number of aryl methyl sites for hydroxylation is 1. The lowest BCUT2D eigenvalue weighted by Crippen LogP contribution is -2.05. The Bertz CT molecular complexity index is 1790. The minimum Gasteiger partial charge on any atom is -0.462 e. The van der Waals surface area contributed by atoms with Crippen molar-refractivity contribution in [3.8, 4) is 34.0 Å². The average molecular weight is 522 g/mol. The van der Waals surface area contributed by atoms with Crippen LogP contribution in [-0.4, -0.2) is 27.5 Å². The molecule has 0 radical (unpaired) electrons. The monoisotopic (exact) mass is 521 g/mol. The van der Waals surface area contributed by atoms with E-state index in [0.29, 0.717) is 29.0 Å². The molecule has 2 N–H and O–H groups in total. The van der Waals surface area contributed by atoms with Crippen LogP contribution in [0.2, 0.25) is 5.02 Å². The Hall–Kier alpha value is -4.55. The molecule has 0 aliphatic rings. The Morgan fingerprint density at radius 1 is 0.868 bits per heavy atom. The van der Waals surface area contributed by atoms with Gasteiger partial charge in [-0.1, -0.05) is 66.2 Å². The SMILES string of the molecule is CCOC(=O)c1c(C)[nH]c2ccc(Oc3nc4cc(-c5ccc(-c6ccccc6)cc5)c(Cl)cc4[nH]3)cc12. The van der Waals surface area contributed by atoms with Crippen molar-refractivity contribution in [3.05, 3.63) is 101 Å². The van der Waals surface area contributed by atoms with Crippen molar-refractivity contribution in [3.63, 3.8) is 0 Å². The molecule has 0 unspecified atom stereocenters. The molecule has 0 saturated carbocycles. The van der Waals surface area contributed by atoms with E-state index < -0.39 is 0 Å². The van der Waals surface area contributed by atoms with Crippen LogP contribution in [0.5, 0.6) is 11.8 Å². The minimum absolute atomic E-state index is 0.307. The van der Waals surface area contributed by atoms with Gasteiger partial charge in [0.05, 0.1) is 28.2 Å². The van der Waals surface area contributed by atoms with Crippen molar-refractivity contribution in [2.24, 2.45) is 0 Å². The number of nitrogens with one attached hydrogen (secondary N) is 2. The number of benzene rings is 4. The van der Waals surface area contributed by atoms with Gasteiger partial charge in [-0.15, -0.1) is 0 Å². The molecule has 0 aliphatic heterocycles. The van der Waals surface area contributed by atoms with Crippen LogP contribution >= 0.6 is 11.6 Å². The normalized spacial score (nSPS) is 11.2. The van der Waals surface area contributed by atoms with Gasteiger partial charge in [-0.05, 0) is 60.9 Å². The van der Waals surface area contributed by atoms with Gasteiger partial charge in [0.15, 0.2) is 0 Å². The standard InChI is InChI=1S/C31H24ClN3O3/c1-3-37-30(36)29-18(2)33-26-14-13-22(15-24(26)29)38-31-34-27-16-23(25(32)17-28(27)35-31)21-11-9-20(10-12-21)19-7-5-4-6-8-19/h4-17,33H,3H2,1-2H3,(H,34,35). The first-order chi connectivity index (χ1) is 18.5. The van der Waals surface area contributed by atoms with E-state index >= 15 is 0 Å². The predicted octanol–water partition coefficient (Wildman–Crippen LogP) is 8.31. The van der Waals surface area contributed by atoms with Crippen LogP contribution in [0.25, 0.3) is 44.2 Å². The molecule has 2 heterocycles. The second kappa shape index (κ2) is 9.72. The Kier molecular flexibility index (Phi) is 6.10. The smallest absolute Gasteiger partial charge is 0.340 e. The number of carbonyl (C=O) groups is 1. The highest BCUT2D eigenvalue weighted by Crippen LogP contribution is 2.35. The number of aromatic nitrogens is 3. The first-order valence-corrected chi connectivity index (χ1v) is 12.7. The van der Waals surface area contributed by atoms with Gasteiger partial charge in [-0.3, -0.25) is 0 Å². The summed E-state index contributed by atoms with van der Waals surface area (Å²) in [4.78, 5) is 23.5. The van der Waals surface area contributed by atoms with E-state index in [1.807, 2.05) is 55.5 Å². The molecule has 4 aromatic carbocycles. The molecule has 0 spiro atoms. The predicted molar refractivity (Wildman–Crippen MR) is 151 cm³/mol. The lowest BCUT2D eigenvalue weighted by molar-refractivity contribution is 0.0528. The largest absolute Gasteiger partial charge is 0.462 e. The molecular formula is C31H24ClN3O3. The maximum atomic E-state index is 12.5. The number of fused-ring (bicyclic) bond motifs is 2. The minimum atomic E-state index is -0.365. The summed E-state index contributed by atoms with van der Waals surface area (Å²) in [5.74, 6) is 0.181. The van der Waals surface area contributed by atoms with Crippen molar-refractivity contribution in [1.82, 2.24) is 15.0 Å². The first-order valence-electron chi connectivity index (χ1n) is 12.3. The highest BCUT2D eigenvalue weighted by Gasteiger charge is 2.18. The van der Waals surface area contributed by atoms with Gasteiger partial charge in [0, 0.05) is 22.2 Å². The Morgan fingerprint density at radius 3 is 2.37 bits per heavy atom. The van der Waals surface area contributed by atoms with Gasteiger partial charge in [0.1, 0.15) is 5.75 Å². The number of carbonyl (C=O) groups excluding carboxylic acids is 1. The van der Waals surface area contributed by atoms with E-state index in [1.165, 1.54) is 0 Å². The van der Waals surface area contributed by atoms with E-state index in [1.54, 1.807) is 6.92 Å². The third-order valence-corrected chi connectivity index (χ3v) is 6.82. The lowest BCUT2D eigenvalue weighted by atomic mass is 10.00. The van der Waals surface area contributed by atoms with E-state index in [0.717, 1.165) is 49.9 Å². The van der Waals surface area contributed by atoms with Crippen LogP contribution in [0.15, 0.2) is 84.9 Å². The van der Waals surface area contributed by atoms with Gasteiger partial charge in [0.2, 0.25) is 0 Å². The number of halogens is 1. The zero-order chi connectivity index (χ0) is 26.2. The van der Waals surface area contributed by atoms with Crippen LogP contribution in [-0.2, 0) is 4.74 Å². The molecule has 6 aromatic rings. The molecule has 6 rings (SSSR count). The molecule has 188 valence electrons. The zero-order valence-electron chi connectivity index (χ0n) is 20.8. The van der Waals surface area contributed by atoms with Crippen molar-refractivity contribution in [2.45, 2.75) is 13.8 Å². The number of aromatic amines is 2. The highest BCUT2D eigenvalue weighted by molar-refractivity contribution is 6.34.